The van der Waals surface area contributed by atoms with E-state index in [9.17, 15) is 14.0 Å². The second-order valence-electron chi connectivity index (χ2n) is 3.61. The monoisotopic (exact) mass is 223 g/mol. The van der Waals surface area contributed by atoms with E-state index in [4.69, 9.17) is 0 Å². The normalized spacial score (nSPS) is 9.88. The molecular formula is C12H14FNO2. The molecule has 0 heterocycles. The maximum atomic E-state index is 12.8. The van der Waals surface area contributed by atoms with Crippen molar-refractivity contribution in [2.24, 2.45) is 0 Å². The van der Waals surface area contributed by atoms with Crippen molar-refractivity contribution in [3.05, 3.63) is 35.6 Å². The number of ketones is 1. The van der Waals surface area contributed by atoms with Crippen molar-refractivity contribution in [1.82, 2.24) is 5.32 Å². The molecule has 0 saturated heterocycles. The van der Waals surface area contributed by atoms with Crippen molar-refractivity contribution < 1.29 is 14.0 Å². The molecule has 1 aromatic rings. The fourth-order valence-electron chi connectivity index (χ4n) is 1.33. The fourth-order valence-corrected chi connectivity index (χ4v) is 1.33. The summed E-state index contributed by atoms with van der Waals surface area (Å²) in [6.07, 6.45) is 0.463. The highest BCUT2D eigenvalue weighted by Crippen LogP contribution is 2.03. The van der Waals surface area contributed by atoms with Gasteiger partial charge in [0.2, 0.25) is 5.91 Å². The van der Waals surface area contributed by atoms with E-state index in [0.29, 0.717) is 13.0 Å². The molecule has 0 bridgehead atoms. The number of benzene rings is 1. The third kappa shape index (κ3) is 4.68. The second kappa shape index (κ2) is 6.00. The average Bonchev–Trinajstić information content (AvgIpc) is 2.16. The standard InChI is InChI=1S/C12H14FNO2/c1-9(15)7-12(16)14-6-5-10-3-2-4-11(13)8-10/h2-4,8H,5-7H2,1H3,(H,14,16). The Morgan fingerprint density at radius 2 is 2.12 bits per heavy atom. The van der Waals surface area contributed by atoms with Crippen LogP contribution in [-0.4, -0.2) is 18.2 Å². The molecular weight excluding hydrogens is 209 g/mol. The largest absolute Gasteiger partial charge is 0.355 e. The highest BCUT2D eigenvalue weighted by Gasteiger charge is 2.03. The van der Waals surface area contributed by atoms with Gasteiger partial charge in [0.05, 0.1) is 6.42 Å². The maximum Gasteiger partial charge on any atom is 0.227 e. The first-order valence-corrected chi connectivity index (χ1v) is 5.08. The van der Waals surface area contributed by atoms with Gasteiger partial charge in [-0.2, -0.15) is 0 Å². The minimum atomic E-state index is -0.288. The number of carbonyl (C=O) groups is 2. The summed E-state index contributed by atoms with van der Waals surface area (Å²) in [5, 5.41) is 2.60. The van der Waals surface area contributed by atoms with Gasteiger partial charge in [0.25, 0.3) is 0 Å². The van der Waals surface area contributed by atoms with Gasteiger partial charge in [0.1, 0.15) is 11.6 Å². The first-order chi connectivity index (χ1) is 7.58. The third-order valence-corrected chi connectivity index (χ3v) is 2.03. The lowest BCUT2D eigenvalue weighted by molar-refractivity contribution is -0.127. The number of halogens is 1. The van der Waals surface area contributed by atoms with Crippen LogP contribution in [0.1, 0.15) is 18.9 Å². The predicted molar refractivity (Wildman–Crippen MR) is 58.4 cm³/mol. The van der Waals surface area contributed by atoms with Crippen molar-refractivity contribution in [1.29, 1.82) is 0 Å². The topological polar surface area (TPSA) is 46.2 Å². The van der Waals surface area contributed by atoms with Crippen molar-refractivity contribution >= 4 is 11.7 Å². The van der Waals surface area contributed by atoms with E-state index in [0.717, 1.165) is 5.56 Å². The molecule has 0 aliphatic heterocycles. The number of nitrogens with one attached hydrogen (secondary N) is 1. The molecule has 1 N–H and O–H groups in total. The summed E-state index contributed by atoms with van der Waals surface area (Å²) in [6, 6.07) is 6.22. The molecule has 1 rings (SSSR count). The molecule has 0 fully saturated rings. The summed E-state index contributed by atoms with van der Waals surface area (Å²) < 4.78 is 12.8. The Bertz CT molecular complexity index is 390. The van der Waals surface area contributed by atoms with E-state index in [1.54, 1.807) is 12.1 Å². The lowest BCUT2D eigenvalue weighted by Crippen LogP contribution is -2.27. The van der Waals surface area contributed by atoms with E-state index in [-0.39, 0.29) is 23.9 Å². The quantitative estimate of drug-likeness (QED) is 0.768. The minimum absolute atomic E-state index is 0.0941. The smallest absolute Gasteiger partial charge is 0.227 e. The molecule has 1 amide bonds. The van der Waals surface area contributed by atoms with E-state index < -0.39 is 0 Å². The highest BCUT2D eigenvalue weighted by atomic mass is 19.1. The van der Waals surface area contributed by atoms with Gasteiger partial charge in [-0.15, -0.1) is 0 Å². The number of rotatable bonds is 5. The molecule has 4 heteroatoms. The van der Waals surface area contributed by atoms with Crippen molar-refractivity contribution in [3.63, 3.8) is 0 Å². The van der Waals surface area contributed by atoms with E-state index in [1.807, 2.05) is 0 Å². The van der Waals surface area contributed by atoms with Crippen LogP contribution in [0.3, 0.4) is 0 Å². The van der Waals surface area contributed by atoms with Crippen LogP contribution in [0.15, 0.2) is 24.3 Å². The molecule has 0 spiro atoms. The first-order valence-electron chi connectivity index (χ1n) is 5.08. The fraction of sp³-hybridized carbons (Fsp3) is 0.333. The van der Waals surface area contributed by atoms with Crippen LogP contribution < -0.4 is 5.32 Å². The Morgan fingerprint density at radius 1 is 1.38 bits per heavy atom. The van der Waals surface area contributed by atoms with Crippen LogP contribution >= 0.6 is 0 Å². The SMILES string of the molecule is CC(=O)CC(=O)NCCc1cccc(F)c1. The van der Waals surface area contributed by atoms with E-state index in [1.165, 1.54) is 19.1 Å². The summed E-state index contributed by atoms with van der Waals surface area (Å²) >= 11 is 0. The van der Waals surface area contributed by atoms with Gasteiger partial charge in [-0.05, 0) is 31.0 Å². The maximum absolute atomic E-state index is 12.8. The van der Waals surface area contributed by atoms with Gasteiger partial charge in [0.15, 0.2) is 0 Å². The lowest BCUT2D eigenvalue weighted by atomic mass is 10.1. The average molecular weight is 223 g/mol. The number of amides is 1. The zero-order chi connectivity index (χ0) is 12.0. The zero-order valence-electron chi connectivity index (χ0n) is 9.13. The first kappa shape index (κ1) is 12.4. The van der Waals surface area contributed by atoms with E-state index in [2.05, 4.69) is 5.32 Å². The second-order valence-corrected chi connectivity index (χ2v) is 3.61. The van der Waals surface area contributed by atoms with Gasteiger partial charge >= 0.3 is 0 Å². The molecule has 0 aromatic heterocycles. The number of Topliss-reactive ketones (excluding diaryl/α,β-unsaturated/α-hetero) is 1. The van der Waals surface area contributed by atoms with Crippen LogP contribution in [0.5, 0.6) is 0 Å². The van der Waals surface area contributed by atoms with Gasteiger partial charge in [-0.1, -0.05) is 12.1 Å². The zero-order valence-corrected chi connectivity index (χ0v) is 9.13. The van der Waals surface area contributed by atoms with E-state index >= 15 is 0 Å². The molecule has 0 saturated carbocycles. The Hall–Kier alpha value is -1.71. The molecule has 0 aliphatic rings. The minimum Gasteiger partial charge on any atom is -0.355 e. The molecule has 0 radical (unpaired) electrons. The molecule has 0 aliphatic carbocycles. The predicted octanol–water partition coefficient (Wildman–Crippen LogP) is 1.46. The molecule has 16 heavy (non-hydrogen) atoms. The van der Waals surface area contributed by atoms with Crippen LogP contribution in [0.4, 0.5) is 4.39 Å². The Kier molecular flexibility index (Phi) is 4.64. The molecule has 1 aromatic carbocycles. The Balaban J connectivity index is 2.30. The van der Waals surface area contributed by atoms with Crippen molar-refractivity contribution in [3.8, 4) is 0 Å². The molecule has 86 valence electrons. The number of hydrogen-bond acceptors (Lipinski definition) is 2. The summed E-state index contributed by atoms with van der Waals surface area (Å²) in [4.78, 5) is 21.7. The van der Waals surface area contributed by atoms with Crippen LogP contribution in [-0.2, 0) is 16.0 Å². The number of hydrogen-bond donors (Lipinski definition) is 1. The van der Waals surface area contributed by atoms with Crippen LogP contribution in [0.2, 0.25) is 0 Å². The summed E-state index contributed by atoms with van der Waals surface area (Å²) in [5.74, 6) is -0.736. The Labute approximate surface area is 93.7 Å². The lowest BCUT2D eigenvalue weighted by Gasteiger charge is -2.04. The van der Waals surface area contributed by atoms with Gasteiger partial charge in [-0.3, -0.25) is 9.59 Å². The molecule has 3 nitrogen and oxygen atoms in total. The summed E-state index contributed by atoms with van der Waals surface area (Å²) in [7, 11) is 0. The third-order valence-electron chi connectivity index (χ3n) is 2.03. The number of carbonyl (C=O) groups excluding carboxylic acids is 2. The summed E-state index contributed by atoms with van der Waals surface area (Å²) in [5.41, 5.74) is 0.822. The van der Waals surface area contributed by atoms with Crippen molar-refractivity contribution in [2.75, 3.05) is 6.54 Å². The highest BCUT2D eigenvalue weighted by molar-refractivity contribution is 5.96. The van der Waals surface area contributed by atoms with Gasteiger partial charge < -0.3 is 5.32 Å². The molecule has 0 atom stereocenters. The Morgan fingerprint density at radius 3 is 2.75 bits per heavy atom. The summed E-state index contributed by atoms with van der Waals surface area (Å²) in [6.45, 7) is 1.78. The van der Waals surface area contributed by atoms with Crippen LogP contribution in [0.25, 0.3) is 0 Å². The molecule has 0 unspecified atom stereocenters. The van der Waals surface area contributed by atoms with Crippen LogP contribution in [0, 0.1) is 5.82 Å². The van der Waals surface area contributed by atoms with Crippen molar-refractivity contribution in [2.45, 2.75) is 19.8 Å². The van der Waals surface area contributed by atoms with Gasteiger partial charge in [-0.25, -0.2) is 4.39 Å². The van der Waals surface area contributed by atoms with Gasteiger partial charge in [0, 0.05) is 6.54 Å².